The molecular weight excluding hydrogens is 483 g/mol. The van der Waals surface area contributed by atoms with E-state index in [1.807, 2.05) is 13.8 Å². The molecule has 1 atom stereocenters. The number of piperidine rings is 1. The summed E-state index contributed by atoms with van der Waals surface area (Å²) in [6.07, 6.45) is 8.68. The molecule has 0 spiro atoms. The lowest BCUT2D eigenvalue weighted by Gasteiger charge is -2.34. The zero-order valence-electron chi connectivity index (χ0n) is 18.1. The molecule has 2 rings (SSSR count). The lowest BCUT2D eigenvalue weighted by Crippen LogP contribution is -2.48. The molecule has 1 heterocycles. The molecule has 0 bridgehead atoms. The molecule has 0 radical (unpaired) electrons. The number of amides is 1. The second-order valence-electron chi connectivity index (χ2n) is 7.83. The number of hydrogen-bond acceptors (Lipinski definition) is 4. The Balaban J connectivity index is 0.00000420. The fraction of sp³-hybridized carbons (Fsp3) is 0.857. The van der Waals surface area contributed by atoms with E-state index in [1.165, 1.54) is 32.1 Å². The molecule has 0 aromatic heterocycles. The largest absolute Gasteiger partial charge is 0.466 e. The van der Waals surface area contributed by atoms with Gasteiger partial charge in [-0.05, 0) is 45.4 Å². The Morgan fingerprint density at radius 1 is 1.07 bits per heavy atom. The average molecular weight is 522 g/mol. The summed E-state index contributed by atoms with van der Waals surface area (Å²) in [7, 11) is 0. The third kappa shape index (κ3) is 9.53. The van der Waals surface area contributed by atoms with Crippen molar-refractivity contribution in [2.24, 2.45) is 16.8 Å². The summed E-state index contributed by atoms with van der Waals surface area (Å²) >= 11 is 0. The minimum absolute atomic E-state index is 0. The van der Waals surface area contributed by atoms with Crippen LogP contribution >= 0.6 is 24.0 Å². The van der Waals surface area contributed by atoms with Crippen LogP contribution in [0.4, 0.5) is 0 Å². The van der Waals surface area contributed by atoms with E-state index in [9.17, 15) is 9.59 Å². The summed E-state index contributed by atoms with van der Waals surface area (Å²) in [5, 5.41) is 6.32. The molecule has 1 unspecified atom stereocenters. The number of esters is 1. The highest BCUT2D eigenvalue weighted by Crippen LogP contribution is 2.26. The van der Waals surface area contributed by atoms with Crippen LogP contribution in [0.3, 0.4) is 0 Å². The van der Waals surface area contributed by atoms with E-state index in [0.29, 0.717) is 38.6 Å². The van der Waals surface area contributed by atoms with Crippen molar-refractivity contribution in [2.45, 2.75) is 65.2 Å². The SMILES string of the molecule is CCNC(=NCCNC(=O)CC1CCCCC1)N1CCCC(C(=O)OCC)C1.I. The summed E-state index contributed by atoms with van der Waals surface area (Å²) < 4.78 is 5.18. The van der Waals surface area contributed by atoms with Crippen LogP contribution in [-0.4, -0.2) is 62.1 Å². The van der Waals surface area contributed by atoms with Gasteiger partial charge in [0.05, 0.1) is 19.1 Å². The van der Waals surface area contributed by atoms with E-state index in [2.05, 4.69) is 20.5 Å². The van der Waals surface area contributed by atoms with Crippen molar-refractivity contribution in [2.75, 3.05) is 39.3 Å². The Labute approximate surface area is 192 Å². The minimum Gasteiger partial charge on any atom is -0.466 e. The highest BCUT2D eigenvalue weighted by atomic mass is 127. The molecule has 1 saturated carbocycles. The fourth-order valence-corrected chi connectivity index (χ4v) is 4.13. The summed E-state index contributed by atoms with van der Waals surface area (Å²) in [6, 6.07) is 0. The van der Waals surface area contributed by atoms with Gasteiger partial charge >= 0.3 is 5.97 Å². The van der Waals surface area contributed by atoms with E-state index >= 15 is 0 Å². The van der Waals surface area contributed by atoms with Crippen molar-refractivity contribution in [1.82, 2.24) is 15.5 Å². The molecule has 1 saturated heterocycles. The lowest BCUT2D eigenvalue weighted by atomic mass is 9.87. The Bertz CT molecular complexity index is 524. The van der Waals surface area contributed by atoms with Crippen LogP contribution in [0.1, 0.15) is 65.2 Å². The Morgan fingerprint density at radius 3 is 2.52 bits per heavy atom. The van der Waals surface area contributed by atoms with E-state index in [0.717, 1.165) is 31.9 Å². The molecule has 2 aliphatic rings. The first-order valence-electron chi connectivity index (χ1n) is 11.1. The number of rotatable bonds is 8. The second kappa shape index (κ2) is 14.8. The van der Waals surface area contributed by atoms with Crippen molar-refractivity contribution in [3.63, 3.8) is 0 Å². The Kier molecular flexibility index (Phi) is 13.3. The number of carbonyl (C=O) groups is 2. The molecular formula is C21H39IN4O3. The molecule has 2 N–H and O–H groups in total. The number of guanidine groups is 1. The topological polar surface area (TPSA) is 83.0 Å². The first-order chi connectivity index (χ1) is 13.6. The summed E-state index contributed by atoms with van der Waals surface area (Å²) in [5.74, 6) is 1.32. The number of nitrogens with one attached hydrogen (secondary N) is 2. The van der Waals surface area contributed by atoms with Gasteiger partial charge < -0.3 is 20.3 Å². The van der Waals surface area contributed by atoms with Crippen LogP contribution in [0.2, 0.25) is 0 Å². The van der Waals surface area contributed by atoms with Crippen LogP contribution in [0.15, 0.2) is 4.99 Å². The number of ether oxygens (including phenoxy) is 1. The molecule has 29 heavy (non-hydrogen) atoms. The van der Waals surface area contributed by atoms with Gasteiger partial charge in [0.15, 0.2) is 5.96 Å². The molecule has 168 valence electrons. The minimum atomic E-state index is -0.113. The number of likely N-dealkylation sites (tertiary alicyclic amines) is 1. The van der Waals surface area contributed by atoms with Gasteiger partial charge in [-0.25, -0.2) is 0 Å². The fourth-order valence-electron chi connectivity index (χ4n) is 4.13. The first-order valence-corrected chi connectivity index (χ1v) is 11.1. The molecule has 1 amide bonds. The van der Waals surface area contributed by atoms with Crippen LogP contribution < -0.4 is 10.6 Å². The Hall–Kier alpha value is -1.06. The van der Waals surface area contributed by atoms with Gasteiger partial charge in [0, 0.05) is 32.6 Å². The van der Waals surface area contributed by atoms with Gasteiger partial charge in [-0.15, -0.1) is 24.0 Å². The van der Waals surface area contributed by atoms with Gasteiger partial charge in [0.25, 0.3) is 0 Å². The molecule has 7 nitrogen and oxygen atoms in total. The monoisotopic (exact) mass is 522 g/mol. The average Bonchev–Trinajstić information content (AvgIpc) is 2.71. The van der Waals surface area contributed by atoms with Crippen molar-refractivity contribution < 1.29 is 14.3 Å². The van der Waals surface area contributed by atoms with Crippen molar-refractivity contribution in [3.8, 4) is 0 Å². The summed E-state index contributed by atoms with van der Waals surface area (Å²) in [4.78, 5) is 31.0. The maximum Gasteiger partial charge on any atom is 0.310 e. The van der Waals surface area contributed by atoms with E-state index in [-0.39, 0.29) is 41.8 Å². The van der Waals surface area contributed by atoms with E-state index in [4.69, 9.17) is 4.74 Å². The molecule has 2 fully saturated rings. The maximum absolute atomic E-state index is 12.1. The quantitative estimate of drug-likeness (QED) is 0.169. The lowest BCUT2D eigenvalue weighted by molar-refractivity contribution is -0.149. The van der Waals surface area contributed by atoms with E-state index < -0.39 is 0 Å². The number of nitrogens with zero attached hydrogens (tertiary/aromatic N) is 2. The zero-order valence-corrected chi connectivity index (χ0v) is 20.4. The molecule has 0 aromatic carbocycles. The van der Waals surface area contributed by atoms with Gasteiger partial charge in [0.2, 0.25) is 5.91 Å². The Morgan fingerprint density at radius 2 is 1.83 bits per heavy atom. The number of aliphatic imine (C=N–C) groups is 1. The van der Waals surface area contributed by atoms with Gasteiger partial charge in [-0.2, -0.15) is 0 Å². The maximum atomic E-state index is 12.1. The van der Waals surface area contributed by atoms with Gasteiger partial charge in [0.1, 0.15) is 0 Å². The predicted octanol–water partition coefficient (Wildman–Crippen LogP) is 2.93. The molecule has 8 heteroatoms. The van der Waals surface area contributed by atoms with Crippen molar-refractivity contribution in [1.29, 1.82) is 0 Å². The highest BCUT2D eigenvalue weighted by Gasteiger charge is 2.28. The molecule has 0 aromatic rings. The number of carbonyl (C=O) groups excluding carboxylic acids is 2. The second-order valence-corrected chi connectivity index (χ2v) is 7.83. The van der Waals surface area contributed by atoms with Crippen LogP contribution in [0, 0.1) is 11.8 Å². The smallest absolute Gasteiger partial charge is 0.310 e. The highest BCUT2D eigenvalue weighted by molar-refractivity contribution is 14.0. The van der Waals surface area contributed by atoms with Crippen LogP contribution in [-0.2, 0) is 14.3 Å². The number of halogens is 1. The summed E-state index contributed by atoms with van der Waals surface area (Å²) in [5.41, 5.74) is 0. The molecule has 1 aliphatic heterocycles. The number of hydrogen-bond donors (Lipinski definition) is 2. The summed E-state index contributed by atoms with van der Waals surface area (Å²) in [6.45, 7) is 7.68. The predicted molar refractivity (Wildman–Crippen MR) is 127 cm³/mol. The third-order valence-electron chi connectivity index (χ3n) is 5.57. The van der Waals surface area contributed by atoms with Gasteiger partial charge in [-0.1, -0.05) is 19.3 Å². The first kappa shape index (κ1) is 26.0. The third-order valence-corrected chi connectivity index (χ3v) is 5.57. The normalized spacial score (nSPS) is 20.6. The van der Waals surface area contributed by atoms with Crippen LogP contribution in [0.25, 0.3) is 0 Å². The van der Waals surface area contributed by atoms with Crippen LogP contribution in [0.5, 0.6) is 0 Å². The van der Waals surface area contributed by atoms with Gasteiger partial charge in [-0.3, -0.25) is 14.6 Å². The standard InChI is InChI=1S/C21H38N4O3.HI/c1-3-22-21(25-14-8-11-18(16-25)20(27)28-4-2)24-13-12-23-19(26)15-17-9-6-5-7-10-17;/h17-18H,3-16H2,1-2H3,(H,22,24)(H,23,26);1H. The molecule has 1 aliphatic carbocycles. The van der Waals surface area contributed by atoms with Crippen molar-refractivity contribution in [3.05, 3.63) is 0 Å². The van der Waals surface area contributed by atoms with Crippen molar-refractivity contribution >= 4 is 41.8 Å². The van der Waals surface area contributed by atoms with E-state index in [1.54, 1.807) is 0 Å². The zero-order chi connectivity index (χ0) is 20.2.